The van der Waals surface area contributed by atoms with Gasteiger partial charge in [-0.15, -0.1) is 0 Å². The van der Waals surface area contributed by atoms with Crippen molar-refractivity contribution in [3.63, 3.8) is 0 Å². The highest BCUT2D eigenvalue weighted by molar-refractivity contribution is 5.88. The van der Waals surface area contributed by atoms with Crippen molar-refractivity contribution in [1.82, 2.24) is 5.32 Å². The van der Waals surface area contributed by atoms with Crippen LogP contribution in [0.2, 0.25) is 0 Å². The molecule has 2 amide bonds. The zero-order valence-corrected chi connectivity index (χ0v) is 13.4. The van der Waals surface area contributed by atoms with Gasteiger partial charge >= 0.3 is 0 Å². The van der Waals surface area contributed by atoms with E-state index in [-0.39, 0.29) is 6.61 Å². The number of ether oxygens (including phenoxy) is 2. The molecule has 0 saturated carbocycles. The second kappa shape index (κ2) is 8.57. The molecule has 6 heteroatoms. The van der Waals surface area contributed by atoms with Crippen molar-refractivity contribution >= 4 is 11.8 Å². The lowest BCUT2D eigenvalue weighted by molar-refractivity contribution is -0.128. The van der Waals surface area contributed by atoms with Gasteiger partial charge in [-0.1, -0.05) is 42.5 Å². The van der Waals surface area contributed by atoms with Gasteiger partial charge in [0.2, 0.25) is 5.91 Å². The Morgan fingerprint density at radius 2 is 1.58 bits per heavy atom. The maximum atomic E-state index is 12.1. The number of nitrogens with two attached hydrogens (primary N) is 1. The zero-order valence-electron chi connectivity index (χ0n) is 13.4. The molecule has 1 atom stereocenters. The van der Waals surface area contributed by atoms with Gasteiger partial charge in [-0.05, 0) is 24.6 Å². The summed E-state index contributed by atoms with van der Waals surface area (Å²) in [6, 6.07) is 15.0. The molecule has 6 nitrogen and oxygen atoms in total. The van der Waals surface area contributed by atoms with Crippen LogP contribution in [0.3, 0.4) is 0 Å². The molecule has 0 aromatic heterocycles. The fourth-order valence-electron chi connectivity index (χ4n) is 2.15. The molecule has 24 heavy (non-hydrogen) atoms. The van der Waals surface area contributed by atoms with Crippen LogP contribution in [0.5, 0.6) is 11.5 Å². The van der Waals surface area contributed by atoms with Gasteiger partial charge in [-0.2, -0.15) is 0 Å². The van der Waals surface area contributed by atoms with E-state index in [1.165, 1.54) is 0 Å². The fourth-order valence-corrected chi connectivity index (χ4v) is 2.15. The van der Waals surface area contributed by atoms with Crippen molar-refractivity contribution in [2.75, 3.05) is 13.2 Å². The topological polar surface area (TPSA) is 90.7 Å². The molecule has 2 aromatic carbocycles. The van der Waals surface area contributed by atoms with Crippen molar-refractivity contribution in [3.05, 3.63) is 60.2 Å². The van der Waals surface area contributed by atoms with Crippen LogP contribution in [-0.2, 0) is 9.59 Å². The number of rotatable bonds is 8. The first-order valence-corrected chi connectivity index (χ1v) is 7.60. The molecule has 126 valence electrons. The fraction of sp³-hybridized carbons (Fsp3) is 0.222. The lowest BCUT2D eigenvalue weighted by Gasteiger charge is -2.16. The number of nitrogens with one attached hydrogen (secondary N) is 1. The Hall–Kier alpha value is -3.02. The maximum absolute atomic E-state index is 12.1. The van der Waals surface area contributed by atoms with Gasteiger partial charge in [0.1, 0.15) is 6.04 Å². The van der Waals surface area contributed by atoms with Crippen molar-refractivity contribution in [2.45, 2.75) is 13.0 Å². The number of amides is 2. The van der Waals surface area contributed by atoms with E-state index in [2.05, 4.69) is 5.32 Å². The standard InChI is InChI=1S/C18H20N2O4/c1-2-23-14-10-6-7-11-15(14)24-12-16(21)20-17(18(19)22)13-8-4-3-5-9-13/h3-11,17H,2,12H2,1H3,(H2,19,22)(H,20,21). The second-order valence-corrected chi connectivity index (χ2v) is 4.98. The van der Waals surface area contributed by atoms with Gasteiger partial charge in [0, 0.05) is 0 Å². The zero-order chi connectivity index (χ0) is 17.4. The smallest absolute Gasteiger partial charge is 0.258 e. The Labute approximate surface area is 140 Å². The molecule has 2 rings (SSSR count). The van der Waals surface area contributed by atoms with Gasteiger partial charge in [-0.3, -0.25) is 9.59 Å². The highest BCUT2D eigenvalue weighted by Crippen LogP contribution is 2.26. The Balaban J connectivity index is 1.98. The summed E-state index contributed by atoms with van der Waals surface area (Å²) in [6.45, 7) is 2.10. The molecule has 0 aliphatic carbocycles. The van der Waals surface area contributed by atoms with E-state index in [1.807, 2.05) is 19.1 Å². The average molecular weight is 328 g/mol. The van der Waals surface area contributed by atoms with Crippen LogP contribution in [0, 0.1) is 0 Å². The minimum atomic E-state index is -0.899. The molecule has 0 radical (unpaired) electrons. The molecule has 1 unspecified atom stereocenters. The van der Waals surface area contributed by atoms with E-state index in [0.717, 1.165) is 0 Å². The Morgan fingerprint density at radius 3 is 2.17 bits per heavy atom. The second-order valence-electron chi connectivity index (χ2n) is 4.98. The largest absolute Gasteiger partial charge is 0.490 e. The van der Waals surface area contributed by atoms with Crippen LogP contribution in [0.4, 0.5) is 0 Å². The molecule has 0 aliphatic rings. The Kier molecular flexibility index (Phi) is 6.19. The number of primary amides is 1. The van der Waals surface area contributed by atoms with E-state index in [1.54, 1.807) is 42.5 Å². The van der Waals surface area contributed by atoms with Crippen LogP contribution >= 0.6 is 0 Å². The third-order valence-electron chi connectivity index (χ3n) is 3.23. The van der Waals surface area contributed by atoms with E-state index in [4.69, 9.17) is 15.2 Å². The first-order valence-electron chi connectivity index (χ1n) is 7.60. The SMILES string of the molecule is CCOc1ccccc1OCC(=O)NC(C(N)=O)c1ccccc1. The van der Waals surface area contributed by atoms with Crippen molar-refractivity contribution < 1.29 is 19.1 Å². The normalized spacial score (nSPS) is 11.4. The van der Waals surface area contributed by atoms with E-state index in [0.29, 0.717) is 23.7 Å². The van der Waals surface area contributed by atoms with Gasteiger partial charge in [-0.25, -0.2) is 0 Å². The highest BCUT2D eigenvalue weighted by atomic mass is 16.5. The average Bonchev–Trinajstić information content (AvgIpc) is 2.59. The highest BCUT2D eigenvalue weighted by Gasteiger charge is 2.20. The van der Waals surface area contributed by atoms with Gasteiger partial charge in [0.25, 0.3) is 5.91 Å². The van der Waals surface area contributed by atoms with Gasteiger partial charge in [0.15, 0.2) is 18.1 Å². The number of carbonyl (C=O) groups is 2. The van der Waals surface area contributed by atoms with Crippen LogP contribution in [0.25, 0.3) is 0 Å². The van der Waals surface area contributed by atoms with Crippen LogP contribution in [-0.4, -0.2) is 25.0 Å². The molecule has 0 fully saturated rings. The molecule has 0 aliphatic heterocycles. The minimum absolute atomic E-state index is 0.249. The monoisotopic (exact) mass is 328 g/mol. The maximum Gasteiger partial charge on any atom is 0.258 e. The van der Waals surface area contributed by atoms with E-state index < -0.39 is 17.9 Å². The van der Waals surface area contributed by atoms with Crippen LogP contribution in [0.1, 0.15) is 18.5 Å². The molecule has 3 N–H and O–H groups in total. The first-order chi connectivity index (χ1) is 11.6. The molecule has 0 spiro atoms. The summed E-state index contributed by atoms with van der Waals surface area (Å²) in [5.41, 5.74) is 5.99. The molecular weight excluding hydrogens is 308 g/mol. The summed E-state index contributed by atoms with van der Waals surface area (Å²) in [5.74, 6) is -0.0645. The van der Waals surface area contributed by atoms with Crippen LogP contribution in [0.15, 0.2) is 54.6 Å². The number of benzene rings is 2. The van der Waals surface area contributed by atoms with Crippen LogP contribution < -0.4 is 20.5 Å². The minimum Gasteiger partial charge on any atom is -0.490 e. The number of hydrogen-bond donors (Lipinski definition) is 2. The predicted molar refractivity (Wildman–Crippen MR) is 89.6 cm³/mol. The molecule has 0 saturated heterocycles. The molecule has 2 aromatic rings. The number of para-hydroxylation sites is 2. The Bertz CT molecular complexity index is 688. The molecule has 0 bridgehead atoms. The summed E-state index contributed by atoms with van der Waals surface area (Å²) in [5, 5.41) is 2.58. The summed E-state index contributed by atoms with van der Waals surface area (Å²) < 4.78 is 10.9. The lowest BCUT2D eigenvalue weighted by Crippen LogP contribution is -2.39. The summed E-state index contributed by atoms with van der Waals surface area (Å²) in [4.78, 5) is 23.7. The number of hydrogen-bond acceptors (Lipinski definition) is 4. The predicted octanol–water partition coefficient (Wildman–Crippen LogP) is 1.81. The summed E-state index contributed by atoms with van der Waals surface area (Å²) >= 11 is 0. The van der Waals surface area contributed by atoms with E-state index in [9.17, 15) is 9.59 Å². The summed E-state index contributed by atoms with van der Waals surface area (Å²) in [7, 11) is 0. The van der Waals surface area contributed by atoms with Gasteiger partial charge < -0.3 is 20.5 Å². The van der Waals surface area contributed by atoms with Crippen molar-refractivity contribution in [1.29, 1.82) is 0 Å². The quantitative estimate of drug-likeness (QED) is 0.773. The molecular formula is C18H20N2O4. The van der Waals surface area contributed by atoms with Crippen molar-refractivity contribution in [2.24, 2.45) is 5.73 Å². The number of carbonyl (C=O) groups excluding carboxylic acids is 2. The summed E-state index contributed by atoms with van der Waals surface area (Å²) in [6.07, 6.45) is 0. The lowest BCUT2D eigenvalue weighted by atomic mass is 10.1. The first kappa shape index (κ1) is 17.3. The third-order valence-corrected chi connectivity index (χ3v) is 3.23. The van der Waals surface area contributed by atoms with Gasteiger partial charge in [0.05, 0.1) is 6.61 Å². The Morgan fingerprint density at radius 1 is 1.00 bits per heavy atom. The van der Waals surface area contributed by atoms with Crippen molar-refractivity contribution in [3.8, 4) is 11.5 Å². The van der Waals surface area contributed by atoms with E-state index >= 15 is 0 Å². The third kappa shape index (κ3) is 4.74. The molecule has 0 heterocycles.